The van der Waals surface area contributed by atoms with Gasteiger partial charge in [-0.05, 0) is 29.8 Å². The molecule has 0 unspecified atom stereocenters. The van der Waals surface area contributed by atoms with Gasteiger partial charge in [0.2, 0.25) is 0 Å². The van der Waals surface area contributed by atoms with Crippen molar-refractivity contribution < 1.29 is 9.59 Å². The zero-order chi connectivity index (χ0) is 17.2. The Labute approximate surface area is 143 Å². The van der Waals surface area contributed by atoms with Crippen LogP contribution in [0.5, 0.6) is 0 Å². The third-order valence-electron chi connectivity index (χ3n) is 3.93. The molecule has 0 radical (unpaired) electrons. The fourth-order valence-electron chi connectivity index (χ4n) is 2.70. The van der Waals surface area contributed by atoms with Crippen molar-refractivity contribution in [3.05, 3.63) is 83.1 Å². The van der Waals surface area contributed by atoms with E-state index in [1.807, 2.05) is 36.4 Å². The Morgan fingerprint density at radius 1 is 0.960 bits per heavy atom. The number of carbonyl (C=O) groups excluding carboxylic acids is 2. The van der Waals surface area contributed by atoms with Gasteiger partial charge in [0.1, 0.15) is 5.57 Å². The largest absolute Gasteiger partial charge is 0.354 e. The predicted molar refractivity (Wildman–Crippen MR) is 95.6 cm³/mol. The molecule has 0 bridgehead atoms. The van der Waals surface area contributed by atoms with Crippen LogP contribution in [0.3, 0.4) is 0 Å². The Morgan fingerprint density at radius 3 is 2.56 bits per heavy atom. The lowest BCUT2D eigenvalue weighted by atomic mass is 10.0. The van der Waals surface area contributed by atoms with E-state index in [4.69, 9.17) is 0 Å². The highest BCUT2D eigenvalue weighted by Crippen LogP contribution is 2.26. The van der Waals surface area contributed by atoms with Gasteiger partial charge in [-0.25, -0.2) is 5.43 Å². The van der Waals surface area contributed by atoms with E-state index in [9.17, 15) is 9.59 Å². The number of nitrogens with zero attached hydrogens (tertiary/aromatic N) is 1. The first-order valence-electron chi connectivity index (χ1n) is 7.75. The van der Waals surface area contributed by atoms with Crippen LogP contribution in [0.1, 0.15) is 15.9 Å². The first-order valence-corrected chi connectivity index (χ1v) is 7.75. The summed E-state index contributed by atoms with van der Waals surface area (Å²) < 4.78 is 0. The second-order valence-electron chi connectivity index (χ2n) is 5.56. The Morgan fingerprint density at radius 2 is 1.72 bits per heavy atom. The lowest BCUT2D eigenvalue weighted by Crippen LogP contribution is -2.32. The number of benzene rings is 2. The normalized spacial score (nSPS) is 18.1. The Bertz CT molecular complexity index is 958. The van der Waals surface area contributed by atoms with Crippen molar-refractivity contribution in [3.8, 4) is 0 Å². The van der Waals surface area contributed by atoms with Gasteiger partial charge in [-0.2, -0.15) is 5.10 Å². The summed E-state index contributed by atoms with van der Waals surface area (Å²) in [5, 5.41) is 9.85. The van der Waals surface area contributed by atoms with Crippen LogP contribution in [0.25, 0.3) is 6.08 Å². The van der Waals surface area contributed by atoms with Gasteiger partial charge in [-0.3, -0.25) is 9.59 Å². The summed E-state index contributed by atoms with van der Waals surface area (Å²) in [5.74, 6) is -0.491. The first-order chi connectivity index (χ1) is 12.2. The average Bonchev–Trinajstić information content (AvgIpc) is 3.02. The van der Waals surface area contributed by atoms with E-state index in [1.165, 1.54) is 0 Å². The van der Waals surface area contributed by atoms with Crippen LogP contribution in [0.15, 0.2) is 77.0 Å². The molecule has 4 rings (SSSR count). The number of rotatable bonds is 1. The Hall–Kier alpha value is -3.67. The zero-order valence-electron chi connectivity index (χ0n) is 13.1. The summed E-state index contributed by atoms with van der Waals surface area (Å²) >= 11 is 0. The minimum atomic E-state index is -0.366. The van der Waals surface area contributed by atoms with Crippen LogP contribution in [0.2, 0.25) is 0 Å². The van der Waals surface area contributed by atoms with Gasteiger partial charge in [-0.1, -0.05) is 42.5 Å². The third-order valence-corrected chi connectivity index (χ3v) is 3.93. The van der Waals surface area contributed by atoms with Crippen molar-refractivity contribution in [3.63, 3.8) is 0 Å². The van der Waals surface area contributed by atoms with Gasteiger partial charge in [0, 0.05) is 11.3 Å². The highest BCUT2D eigenvalue weighted by Gasteiger charge is 2.28. The molecule has 2 aromatic carbocycles. The monoisotopic (exact) mass is 330 g/mol. The number of amides is 2. The molecule has 0 saturated carbocycles. The number of carbonyl (C=O) groups is 2. The molecule has 2 amide bonds. The summed E-state index contributed by atoms with van der Waals surface area (Å²) in [4.78, 5) is 24.5. The minimum absolute atomic E-state index is 0.199. The van der Waals surface area contributed by atoms with Gasteiger partial charge < -0.3 is 10.6 Å². The molecule has 3 N–H and O–H groups in total. The van der Waals surface area contributed by atoms with E-state index < -0.39 is 0 Å². The van der Waals surface area contributed by atoms with Crippen LogP contribution in [0.4, 0.5) is 5.69 Å². The molecular formula is C19H14N4O2. The van der Waals surface area contributed by atoms with Crippen molar-refractivity contribution in [1.29, 1.82) is 0 Å². The quantitative estimate of drug-likeness (QED) is 0.701. The highest BCUT2D eigenvalue weighted by molar-refractivity contribution is 6.29. The fourth-order valence-corrected chi connectivity index (χ4v) is 2.70. The predicted octanol–water partition coefficient (Wildman–Crippen LogP) is 2.25. The number of allylic oxidation sites excluding steroid dienone is 1. The number of nitrogens with one attached hydrogen (secondary N) is 3. The molecule has 6 heteroatoms. The van der Waals surface area contributed by atoms with Gasteiger partial charge in [0.25, 0.3) is 11.8 Å². The summed E-state index contributed by atoms with van der Waals surface area (Å²) in [6.07, 6.45) is 3.71. The minimum Gasteiger partial charge on any atom is -0.354 e. The molecule has 0 saturated heterocycles. The maximum atomic E-state index is 12.3. The number of hydrazone groups is 1. The summed E-state index contributed by atoms with van der Waals surface area (Å²) in [7, 11) is 0. The number of hydrogen-bond acceptors (Lipinski definition) is 4. The first kappa shape index (κ1) is 14.9. The molecule has 0 aliphatic carbocycles. The molecule has 2 heterocycles. The molecule has 0 aromatic heterocycles. The smallest absolute Gasteiger partial charge is 0.277 e. The lowest BCUT2D eigenvalue weighted by molar-refractivity contribution is -0.116. The van der Waals surface area contributed by atoms with Crippen LogP contribution in [-0.2, 0) is 4.79 Å². The van der Waals surface area contributed by atoms with Crippen molar-refractivity contribution in [2.24, 2.45) is 5.10 Å². The van der Waals surface area contributed by atoms with Gasteiger partial charge in [0.05, 0.1) is 5.70 Å². The van der Waals surface area contributed by atoms with E-state index in [-0.39, 0.29) is 17.6 Å². The molecule has 0 spiro atoms. The molecule has 2 aromatic rings. The van der Waals surface area contributed by atoms with Crippen molar-refractivity contribution in [2.75, 3.05) is 5.32 Å². The van der Waals surface area contributed by atoms with Gasteiger partial charge >= 0.3 is 0 Å². The van der Waals surface area contributed by atoms with E-state index >= 15 is 0 Å². The van der Waals surface area contributed by atoms with Crippen molar-refractivity contribution in [2.45, 2.75) is 0 Å². The molecular weight excluding hydrogens is 316 g/mol. The Kier molecular flexibility index (Phi) is 3.63. The van der Waals surface area contributed by atoms with Crippen LogP contribution < -0.4 is 16.1 Å². The van der Waals surface area contributed by atoms with Crippen LogP contribution in [-0.4, -0.2) is 17.6 Å². The van der Waals surface area contributed by atoms with Crippen LogP contribution in [0, 0.1) is 0 Å². The SMILES string of the molecule is O=C1NN=C(NC(=O)c2ccccc2)/C1=C1\C=Cc2ccccc2N1. The third kappa shape index (κ3) is 2.81. The van der Waals surface area contributed by atoms with E-state index in [0.29, 0.717) is 16.8 Å². The number of hydrogen-bond donors (Lipinski definition) is 3. The fraction of sp³-hybridized carbons (Fsp3) is 0. The lowest BCUT2D eigenvalue weighted by Gasteiger charge is -2.17. The maximum Gasteiger partial charge on any atom is 0.277 e. The molecule has 0 atom stereocenters. The van der Waals surface area contributed by atoms with Gasteiger partial charge in [-0.15, -0.1) is 0 Å². The van der Waals surface area contributed by atoms with Crippen LogP contribution >= 0.6 is 0 Å². The van der Waals surface area contributed by atoms with Crippen molar-refractivity contribution >= 4 is 29.4 Å². The number of amidine groups is 1. The van der Waals surface area contributed by atoms with E-state index in [1.54, 1.807) is 30.3 Å². The summed E-state index contributed by atoms with van der Waals surface area (Å²) in [6.45, 7) is 0. The Balaban J connectivity index is 1.64. The van der Waals surface area contributed by atoms with E-state index in [0.717, 1.165) is 11.3 Å². The molecule has 2 aliphatic heterocycles. The standard InChI is InChI=1S/C19H14N4O2/c24-18(13-7-2-1-3-8-13)21-17-16(19(25)23-22-17)15-11-10-12-6-4-5-9-14(12)20-15/h1-11,20H,(H,23,25)(H,21,22,24)/b16-15-. The second kappa shape index (κ2) is 6.09. The average molecular weight is 330 g/mol. The van der Waals surface area contributed by atoms with Crippen molar-refractivity contribution in [1.82, 2.24) is 10.7 Å². The molecule has 122 valence electrons. The number of para-hydroxylation sites is 1. The van der Waals surface area contributed by atoms with Gasteiger partial charge in [0.15, 0.2) is 5.84 Å². The summed E-state index contributed by atoms with van der Waals surface area (Å²) in [5.41, 5.74) is 5.69. The molecule has 6 nitrogen and oxygen atoms in total. The van der Waals surface area contributed by atoms with E-state index in [2.05, 4.69) is 21.2 Å². The highest BCUT2D eigenvalue weighted by atomic mass is 16.2. The second-order valence-corrected chi connectivity index (χ2v) is 5.56. The maximum absolute atomic E-state index is 12.3. The molecule has 0 fully saturated rings. The zero-order valence-corrected chi connectivity index (χ0v) is 13.1. The molecule has 2 aliphatic rings. The topological polar surface area (TPSA) is 82.6 Å². The summed E-state index contributed by atoms with van der Waals surface area (Å²) in [6, 6.07) is 16.5. The number of anilines is 1. The molecule has 25 heavy (non-hydrogen) atoms. The number of fused-ring (bicyclic) bond motifs is 1.